The lowest BCUT2D eigenvalue weighted by Crippen LogP contribution is -2.50. The SMILES string of the molecule is CCS(=O)(=O)C1CSCCN1C(CN)c1ccc(C)cc1. The van der Waals surface area contributed by atoms with Gasteiger partial charge in [-0.2, -0.15) is 11.8 Å². The van der Waals surface area contributed by atoms with Gasteiger partial charge >= 0.3 is 0 Å². The Morgan fingerprint density at radius 2 is 2.05 bits per heavy atom. The summed E-state index contributed by atoms with van der Waals surface area (Å²) in [6.45, 7) is 4.97. The predicted octanol–water partition coefficient (Wildman–Crippen LogP) is 1.80. The average Bonchev–Trinajstić information content (AvgIpc) is 2.50. The monoisotopic (exact) mass is 328 g/mol. The zero-order valence-corrected chi connectivity index (χ0v) is 14.3. The highest BCUT2D eigenvalue weighted by atomic mass is 32.2. The Hall–Kier alpha value is -0.560. The van der Waals surface area contributed by atoms with Crippen molar-refractivity contribution < 1.29 is 8.42 Å². The maximum absolute atomic E-state index is 12.4. The van der Waals surface area contributed by atoms with Crippen LogP contribution in [0.1, 0.15) is 24.1 Å². The van der Waals surface area contributed by atoms with E-state index in [0.717, 1.165) is 17.9 Å². The van der Waals surface area contributed by atoms with Gasteiger partial charge in [0.1, 0.15) is 5.37 Å². The Kier molecular flexibility index (Phi) is 5.71. The van der Waals surface area contributed by atoms with Crippen molar-refractivity contribution in [2.45, 2.75) is 25.3 Å². The van der Waals surface area contributed by atoms with E-state index in [1.165, 1.54) is 5.56 Å². The van der Waals surface area contributed by atoms with Gasteiger partial charge in [0.2, 0.25) is 0 Å². The molecule has 118 valence electrons. The molecule has 21 heavy (non-hydrogen) atoms. The second-order valence-corrected chi connectivity index (χ2v) is 8.98. The molecule has 2 rings (SSSR count). The van der Waals surface area contributed by atoms with E-state index < -0.39 is 15.2 Å². The van der Waals surface area contributed by atoms with Crippen LogP contribution in [0, 0.1) is 6.92 Å². The number of hydrogen-bond acceptors (Lipinski definition) is 5. The summed E-state index contributed by atoms with van der Waals surface area (Å²) < 4.78 is 24.7. The number of nitrogens with two attached hydrogens (primary N) is 1. The van der Waals surface area contributed by atoms with Gasteiger partial charge in [-0.3, -0.25) is 4.90 Å². The third-order valence-electron chi connectivity index (χ3n) is 4.03. The van der Waals surface area contributed by atoms with E-state index in [4.69, 9.17) is 5.73 Å². The van der Waals surface area contributed by atoms with Crippen molar-refractivity contribution in [1.82, 2.24) is 4.90 Å². The standard InChI is InChI=1S/C15H24N2O2S2/c1-3-21(18,19)15-11-20-9-8-17(15)14(10-16)13-6-4-12(2)5-7-13/h4-7,14-15H,3,8-11,16H2,1-2H3. The molecule has 2 N–H and O–H groups in total. The number of hydrogen-bond donors (Lipinski definition) is 1. The summed E-state index contributed by atoms with van der Waals surface area (Å²) in [4.78, 5) is 2.08. The molecule has 2 atom stereocenters. The average molecular weight is 329 g/mol. The van der Waals surface area contributed by atoms with E-state index in [2.05, 4.69) is 29.2 Å². The first-order valence-electron chi connectivity index (χ1n) is 7.31. The smallest absolute Gasteiger partial charge is 0.166 e. The highest BCUT2D eigenvalue weighted by Gasteiger charge is 2.36. The zero-order valence-electron chi connectivity index (χ0n) is 12.7. The third-order valence-corrected chi connectivity index (χ3v) is 7.33. The van der Waals surface area contributed by atoms with E-state index in [1.807, 2.05) is 6.92 Å². The molecule has 6 heteroatoms. The molecule has 0 bridgehead atoms. The number of aryl methyl sites for hydroxylation is 1. The van der Waals surface area contributed by atoms with Gasteiger partial charge in [-0.05, 0) is 12.5 Å². The van der Waals surface area contributed by atoms with Crippen molar-refractivity contribution in [3.63, 3.8) is 0 Å². The topological polar surface area (TPSA) is 63.4 Å². The Morgan fingerprint density at radius 1 is 1.38 bits per heavy atom. The van der Waals surface area contributed by atoms with Crippen molar-refractivity contribution in [2.75, 3.05) is 30.3 Å². The molecule has 4 nitrogen and oxygen atoms in total. The van der Waals surface area contributed by atoms with Crippen LogP contribution in [0.4, 0.5) is 0 Å². The lowest BCUT2D eigenvalue weighted by Gasteiger charge is -2.40. The molecule has 0 saturated carbocycles. The minimum Gasteiger partial charge on any atom is -0.329 e. The molecule has 0 spiro atoms. The van der Waals surface area contributed by atoms with E-state index in [9.17, 15) is 8.42 Å². The zero-order chi connectivity index (χ0) is 15.5. The number of nitrogens with zero attached hydrogens (tertiary/aromatic N) is 1. The van der Waals surface area contributed by atoms with Crippen LogP contribution in [0.25, 0.3) is 0 Å². The van der Waals surface area contributed by atoms with Gasteiger partial charge in [-0.15, -0.1) is 0 Å². The second kappa shape index (κ2) is 7.13. The molecule has 1 aliphatic heterocycles. The first kappa shape index (κ1) is 16.8. The molecule has 1 saturated heterocycles. The molecule has 1 aromatic carbocycles. The molecular weight excluding hydrogens is 304 g/mol. The third kappa shape index (κ3) is 3.80. The summed E-state index contributed by atoms with van der Waals surface area (Å²) in [5.41, 5.74) is 8.28. The Balaban J connectivity index is 2.32. The van der Waals surface area contributed by atoms with Gasteiger partial charge in [-0.1, -0.05) is 36.8 Å². The second-order valence-electron chi connectivity index (χ2n) is 5.38. The van der Waals surface area contributed by atoms with Crippen LogP contribution < -0.4 is 5.73 Å². The number of rotatable bonds is 5. The molecule has 1 fully saturated rings. The summed E-state index contributed by atoms with van der Waals surface area (Å²) in [7, 11) is -3.09. The first-order chi connectivity index (χ1) is 9.99. The van der Waals surface area contributed by atoms with Gasteiger partial charge in [0, 0.05) is 36.4 Å². The largest absolute Gasteiger partial charge is 0.329 e. The summed E-state index contributed by atoms with van der Waals surface area (Å²) in [5.74, 6) is 1.77. The van der Waals surface area contributed by atoms with Crippen LogP contribution in [0.15, 0.2) is 24.3 Å². The lowest BCUT2D eigenvalue weighted by atomic mass is 10.0. The minimum absolute atomic E-state index is 0.0298. The van der Waals surface area contributed by atoms with Crippen LogP contribution >= 0.6 is 11.8 Å². The lowest BCUT2D eigenvalue weighted by molar-refractivity contribution is 0.197. The quantitative estimate of drug-likeness (QED) is 0.893. The first-order valence-corrected chi connectivity index (χ1v) is 10.2. The minimum atomic E-state index is -3.09. The highest BCUT2D eigenvalue weighted by molar-refractivity contribution is 8.01. The Bertz CT molecular complexity index is 558. The van der Waals surface area contributed by atoms with Gasteiger partial charge in [0.05, 0.1) is 0 Å². The maximum atomic E-state index is 12.4. The Labute approximate surface area is 132 Å². The summed E-state index contributed by atoms with van der Waals surface area (Å²) >= 11 is 1.71. The van der Waals surface area contributed by atoms with Crippen molar-refractivity contribution in [3.8, 4) is 0 Å². The normalized spacial score (nSPS) is 22.1. The summed E-state index contributed by atoms with van der Waals surface area (Å²) in [6, 6.07) is 8.20. The van der Waals surface area contributed by atoms with Crippen LogP contribution in [0.2, 0.25) is 0 Å². The molecular formula is C15H24N2O2S2. The predicted molar refractivity (Wildman–Crippen MR) is 90.3 cm³/mol. The van der Waals surface area contributed by atoms with Gasteiger partial charge in [-0.25, -0.2) is 8.42 Å². The molecule has 1 aliphatic rings. The van der Waals surface area contributed by atoms with E-state index in [1.54, 1.807) is 18.7 Å². The highest BCUT2D eigenvalue weighted by Crippen LogP contribution is 2.30. The molecule has 0 aromatic heterocycles. The summed E-state index contributed by atoms with van der Waals surface area (Å²) in [6.07, 6.45) is 0. The van der Waals surface area contributed by atoms with Gasteiger partial charge in [0.15, 0.2) is 9.84 Å². The van der Waals surface area contributed by atoms with E-state index in [0.29, 0.717) is 12.3 Å². The number of thioether (sulfide) groups is 1. The van der Waals surface area contributed by atoms with E-state index >= 15 is 0 Å². The maximum Gasteiger partial charge on any atom is 0.166 e. The fourth-order valence-corrected chi connectivity index (χ4v) is 5.77. The van der Waals surface area contributed by atoms with Crippen molar-refractivity contribution >= 4 is 21.6 Å². The molecule has 0 amide bonds. The molecule has 0 aliphatic carbocycles. The van der Waals surface area contributed by atoms with Crippen LogP contribution in [0.3, 0.4) is 0 Å². The molecule has 0 radical (unpaired) electrons. The van der Waals surface area contributed by atoms with Crippen molar-refractivity contribution in [2.24, 2.45) is 5.73 Å². The molecule has 1 heterocycles. The number of sulfone groups is 1. The Morgan fingerprint density at radius 3 is 2.62 bits per heavy atom. The fourth-order valence-electron chi connectivity index (χ4n) is 2.70. The van der Waals surface area contributed by atoms with Crippen LogP contribution in [0.5, 0.6) is 0 Å². The van der Waals surface area contributed by atoms with E-state index in [-0.39, 0.29) is 11.8 Å². The van der Waals surface area contributed by atoms with Gasteiger partial charge in [0.25, 0.3) is 0 Å². The van der Waals surface area contributed by atoms with Crippen molar-refractivity contribution in [3.05, 3.63) is 35.4 Å². The van der Waals surface area contributed by atoms with Crippen LogP contribution in [-0.2, 0) is 9.84 Å². The van der Waals surface area contributed by atoms with Crippen LogP contribution in [-0.4, -0.2) is 49.0 Å². The van der Waals surface area contributed by atoms with Gasteiger partial charge < -0.3 is 5.73 Å². The summed E-state index contributed by atoms with van der Waals surface area (Å²) in [5, 5.41) is -0.420. The molecule has 2 unspecified atom stereocenters. The fraction of sp³-hybridized carbons (Fsp3) is 0.600. The molecule has 1 aromatic rings. The van der Waals surface area contributed by atoms with Crippen molar-refractivity contribution in [1.29, 1.82) is 0 Å². The number of benzene rings is 1.